The van der Waals surface area contributed by atoms with Crippen molar-refractivity contribution in [1.29, 1.82) is 0 Å². The minimum absolute atomic E-state index is 0.138. The molecular formula is C21H25ClN4OS. The number of thioether (sulfide) groups is 1. The molecule has 0 N–H and O–H groups in total. The summed E-state index contributed by atoms with van der Waals surface area (Å²) in [5, 5.41) is 10.5. The van der Waals surface area contributed by atoms with Crippen LogP contribution in [0.3, 0.4) is 0 Å². The van der Waals surface area contributed by atoms with Crippen LogP contribution in [-0.4, -0.2) is 46.1 Å². The van der Waals surface area contributed by atoms with Crippen LogP contribution >= 0.6 is 23.4 Å². The first kappa shape index (κ1) is 20.7. The SMILES string of the molecule is CC(c1nnc(SCCCOc2ccccc2)n1-c1ccc(Cl)cc1)N(C)C. The van der Waals surface area contributed by atoms with E-state index in [1.807, 2.05) is 68.7 Å². The van der Waals surface area contributed by atoms with Gasteiger partial charge in [0.25, 0.3) is 0 Å². The molecule has 5 nitrogen and oxygen atoms in total. The molecule has 1 unspecified atom stereocenters. The predicted octanol–water partition coefficient (Wildman–Crippen LogP) is 5.10. The average Bonchev–Trinajstić information content (AvgIpc) is 3.12. The Morgan fingerprint density at radius 1 is 1.07 bits per heavy atom. The summed E-state index contributed by atoms with van der Waals surface area (Å²) in [6.07, 6.45) is 0.922. The van der Waals surface area contributed by atoms with Gasteiger partial charge in [-0.05, 0) is 63.8 Å². The second-order valence-corrected chi connectivity index (χ2v) is 8.15. The molecule has 0 spiro atoms. The summed E-state index contributed by atoms with van der Waals surface area (Å²) in [7, 11) is 4.08. The zero-order valence-corrected chi connectivity index (χ0v) is 18.0. The number of rotatable bonds is 9. The summed E-state index contributed by atoms with van der Waals surface area (Å²) in [5.74, 6) is 2.71. The van der Waals surface area contributed by atoms with Crippen LogP contribution in [0.2, 0.25) is 5.02 Å². The molecule has 3 aromatic rings. The van der Waals surface area contributed by atoms with Crippen LogP contribution in [-0.2, 0) is 0 Å². The quantitative estimate of drug-likeness (QED) is 0.358. The molecule has 0 aliphatic rings. The van der Waals surface area contributed by atoms with Crippen molar-refractivity contribution in [2.24, 2.45) is 0 Å². The Balaban J connectivity index is 1.69. The zero-order valence-electron chi connectivity index (χ0n) is 16.4. The van der Waals surface area contributed by atoms with Crippen LogP contribution in [0.5, 0.6) is 5.75 Å². The first-order valence-corrected chi connectivity index (χ1v) is 10.6. The van der Waals surface area contributed by atoms with Gasteiger partial charge in [0.2, 0.25) is 0 Å². The third-order valence-corrected chi connectivity index (χ3v) is 5.69. The van der Waals surface area contributed by atoms with E-state index in [2.05, 4.69) is 26.6 Å². The van der Waals surface area contributed by atoms with E-state index in [0.29, 0.717) is 11.6 Å². The van der Waals surface area contributed by atoms with Gasteiger partial charge in [0.15, 0.2) is 11.0 Å². The lowest BCUT2D eigenvalue weighted by Gasteiger charge is -2.20. The van der Waals surface area contributed by atoms with Crippen molar-refractivity contribution in [2.45, 2.75) is 24.5 Å². The highest BCUT2D eigenvalue weighted by Gasteiger charge is 2.20. The van der Waals surface area contributed by atoms with E-state index >= 15 is 0 Å². The lowest BCUT2D eigenvalue weighted by molar-refractivity contribution is 0.305. The summed E-state index contributed by atoms with van der Waals surface area (Å²) < 4.78 is 7.88. The number of hydrogen-bond acceptors (Lipinski definition) is 5. The average molecular weight is 417 g/mol. The molecule has 0 aliphatic carbocycles. The van der Waals surface area contributed by atoms with Gasteiger partial charge in [0.05, 0.1) is 12.6 Å². The zero-order chi connectivity index (χ0) is 19.9. The van der Waals surface area contributed by atoms with Crippen molar-refractivity contribution in [3.05, 3.63) is 65.4 Å². The monoisotopic (exact) mass is 416 g/mol. The molecule has 1 heterocycles. The molecule has 0 radical (unpaired) electrons. The fraction of sp³-hybridized carbons (Fsp3) is 0.333. The third kappa shape index (κ3) is 5.28. The van der Waals surface area contributed by atoms with E-state index in [1.54, 1.807) is 11.8 Å². The Labute approximate surface area is 175 Å². The minimum Gasteiger partial charge on any atom is -0.494 e. The van der Waals surface area contributed by atoms with Crippen molar-refractivity contribution in [3.63, 3.8) is 0 Å². The van der Waals surface area contributed by atoms with Gasteiger partial charge in [-0.25, -0.2) is 0 Å². The fourth-order valence-electron chi connectivity index (χ4n) is 2.64. The summed E-state index contributed by atoms with van der Waals surface area (Å²) in [5.41, 5.74) is 1.01. The molecule has 1 atom stereocenters. The summed E-state index contributed by atoms with van der Waals surface area (Å²) in [4.78, 5) is 2.12. The number of nitrogens with zero attached hydrogens (tertiary/aromatic N) is 4. The van der Waals surface area contributed by atoms with Gasteiger partial charge in [0, 0.05) is 16.5 Å². The summed E-state index contributed by atoms with van der Waals surface area (Å²) in [6.45, 7) is 2.80. The molecule has 3 rings (SSSR count). The summed E-state index contributed by atoms with van der Waals surface area (Å²) >= 11 is 7.76. The first-order chi connectivity index (χ1) is 13.6. The van der Waals surface area contributed by atoms with E-state index in [4.69, 9.17) is 16.3 Å². The standard InChI is InChI=1S/C21H25ClN4OS/c1-16(25(2)3)20-23-24-21(26(20)18-12-10-17(22)11-13-18)28-15-7-14-27-19-8-5-4-6-9-19/h4-6,8-13,16H,7,14-15H2,1-3H3. The number of halogens is 1. The van der Waals surface area contributed by atoms with Gasteiger partial charge in [-0.2, -0.15) is 0 Å². The lowest BCUT2D eigenvalue weighted by atomic mass is 10.2. The van der Waals surface area contributed by atoms with E-state index < -0.39 is 0 Å². The van der Waals surface area contributed by atoms with Crippen molar-refractivity contribution in [1.82, 2.24) is 19.7 Å². The van der Waals surface area contributed by atoms with E-state index in [-0.39, 0.29) is 6.04 Å². The molecule has 0 fully saturated rings. The van der Waals surface area contributed by atoms with Crippen LogP contribution in [0.15, 0.2) is 59.8 Å². The van der Waals surface area contributed by atoms with Gasteiger partial charge in [-0.1, -0.05) is 41.6 Å². The Morgan fingerprint density at radius 3 is 2.46 bits per heavy atom. The molecule has 148 valence electrons. The van der Waals surface area contributed by atoms with Crippen LogP contribution in [0.1, 0.15) is 25.2 Å². The third-order valence-electron chi connectivity index (χ3n) is 4.42. The summed E-state index contributed by atoms with van der Waals surface area (Å²) in [6, 6.07) is 17.8. The van der Waals surface area contributed by atoms with E-state index in [1.165, 1.54) is 0 Å². The molecule has 0 aliphatic heterocycles. The fourth-order valence-corrected chi connectivity index (χ4v) is 3.64. The Morgan fingerprint density at radius 2 is 1.79 bits per heavy atom. The lowest BCUT2D eigenvalue weighted by Crippen LogP contribution is -2.20. The van der Waals surface area contributed by atoms with Crippen molar-refractivity contribution >= 4 is 23.4 Å². The van der Waals surface area contributed by atoms with Gasteiger partial charge in [-0.3, -0.25) is 9.47 Å². The molecule has 0 bridgehead atoms. The molecule has 2 aromatic carbocycles. The Bertz CT molecular complexity index is 868. The van der Waals surface area contributed by atoms with Crippen molar-refractivity contribution in [3.8, 4) is 11.4 Å². The molecule has 0 saturated carbocycles. The van der Waals surface area contributed by atoms with Crippen LogP contribution in [0.4, 0.5) is 0 Å². The minimum atomic E-state index is 0.138. The Kier molecular flexibility index (Phi) is 7.36. The van der Waals surface area contributed by atoms with Gasteiger partial charge < -0.3 is 4.74 Å². The molecule has 0 amide bonds. The number of para-hydroxylation sites is 1. The molecule has 7 heteroatoms. The smallest absolute Gasteiger partial charge is 0.195 e. The van der Waals surface area contributed by atoms with Gasteiger partial charge in [-0.15, -0.1) is 10.2 Å². The number of benzene rings is 2. The second kappa shape index (κ2) is 9.96. The predicted molar refractivity (Wildman–Crippen MR) is 116 cm³/mol. The highest BCUT2D eigenvalue weighted by Crippen LogP contribution is 2.27. The normalized spacial score (nSPS) is 12.3. The maximum absolute atomic E-state index is 6.07. The topological polar surface area (TPSA) is 43.2 Å². The number of aromatic nitrogens is 3. The van der Waals surface area contributed by atoms with E-state index in [0.717, 1.165) is 34.6 Å². The first-order valence-electron chi connectivity index (χ1n) is 9.24. The highest BCUT2D eigenvalue weighted by atomic mass is 35.5. The van der Waals surface area contributed by atoms with Gasteiger partial charge >= 0.3 is 0 Å². The van der Waals surface area contributed by atoms with Crippen LogP contribution in [0, 0.1) is 0 Å². The van der Waals surface area contributed by atoms with E-state index in [9.17, 15) is 0 Å². The van der Waals surface area contributed by atoms with Crippen molar-refractivity contribution < 1.29 is 4.74 Å². The van der Waals surface area contributed by atoms with Crippen LogP contribution in [0.25, 0.3) is 5.69 Å². The number of hydrogen-bond donors (Lipinski definition) is 0. The Hall–Kier alpha value is -2.02. The second-order valence-electron chi connectivity index (χ2n) is 6.66. The maximum atomic E-state index is 6.07. The molecule has 1 aromatic heterocycles. The maximum Gasteiger partial charge on any atom is 0.195 e. The van der Waals surface area contributed by atoms with Gasteiger partial charge in [0.1, 0.15) is 5.75 Å². The molecular weight excluding hydrogens is 392 g/mol. The number of ether oxygens (including phenoxy) is 1. The molecule has 28 heavy (non-hydrogen) atoms. The van der Waals surface area contributed by atoms with Crippen molar-refractivity contribution in [2.75, 3.05) is 26.5 Å². The molecule has 0 saturated heterocycles. The largest absolute Gasteiger partial charge is 0.494 e. The highest BCUT2D eigenvalue weighted by molar-refractivity contribution is 7.99. The van der Waals surface area contributed by atoms with Crippen LogP contribution < -0.4 is 4.74 Å².